The molecule has 1 rings (SSSR count). The number of rotatable bonds is 0. The Morgan fingerprint density at radius 2 is 1.40 bits per heavy atom. The highest BCUT2D eigenvalue weighted by Crippen LogP contribution is 2.38. The maximum Gasteiger partial charge on any atom is 0.202 e. The van der Waals surface area contributed by atoms with Crippen molar-refractivity contribution in [1.29, 1.82) is 0 Å². The van der Waals surface area contributed by atoms with Crippen molar-refractivity contribution < 1.29 is 9.59 Å². The predicted octanol–water partition coefficient (Wildman–Crippen LogP) is 3.19. The molecule has 0 aromatic carbocycles. The van der Waals surface area contributed by atoms with Crippen LogP contribution in [0.25, 0.3) is 0 Å². The number of hydrogen-bond acceptors (Lipinski definition) is 2. The van der Waals surface area contributed by atoms with E-state index in [-0.39, 0.29) is 27.2 Å². The molecule has 82 valence electrons. The topological polar surface area (TPSA) is 34.1 Å². The second-order valence-corrected chi connectivity index (χ2v) is 5.29. The van der Waals surface area contributed by atoms with Gasteiger partial charge in [0.25, 0.3) is 0 Å². The molecular weight excluding hydrogens is 235 g/mol. The van der Waals surface area contributed by atoms with Crippen LogP contribution >= 0.6 is 23.2 Å². The van der Waals surface area contributed by atoms with Crippen molar-refractivity contribution in [2.24, 2.45) is 5.41 Å². The summed E-state index contributed by atoms with van der Waals surface area (Å²) in [7, 11) is 0. The van der Waals surface area contributed by atoms with Gasteiger partial charge in [-0.15, -0.1) is 0 Å². The van der Waals surface area contributed by atoms with Crippen LogP contribution in [0, 0.1) is 5.41 Å². The largest absolute Gasteiger partial charge is 0.288 e. The van der Waals surface area contributed by atoms with Crippen LogP contribution in [-0.2, 0) is 9.59 Å². The van der Waals surface area contributed by atoms with Crippen LogP contribution < -0.4 is 0 Å². The summed E-state index contributed by atoms with van der Waals surface area (Å²) >= 11 is 11.7. The van der Waals surface area contributed by atoms with Gasteiger partial charge < -0.3 is 0 Å². The van der Waals surface area contributed by atoms with Gasteiger partial charge in [-0.05, 0) is 12.3 Å². The first kappa shape index (κ1) is 12.5. The summed E-state index contributed by atoms with van der Waals surface area (Å²) in [6, 6.07) is 0. The molecule has 0 bridgehead atoms. The van der Waals surface area contributed by atoms with Crippen molar-refractivity contribution in [1.82, 2.24) is 0 Å². The maximum absolute atomic E-state index is 11.9. The maximum atomic E-state index is 11.9. The van der Waals surface area contributed by atoms with Crippen molar-refractivity contribution in [3.8, 4) is 0 Å². The first-order chi connectivity index (χ1) is 6.68. The first-order valence-electron chi connectivity index (χ1n) is 4.54. The Bertz CT molecular complexity index is 409. The molecule has 0 aromatic rings. The zero-order chi connectivity index (χ0) is 12.0. The third kappa shape index (κ3) is 2.01. The van der Waals surface area contributed by atoms with Crippen LogP contribution in [0.1, 0.15) is 27.7 Å². The highest BCUT2D eigenvalue weighted by atomic mass is 35.5. The van der Waals surface area contributed by atoms with Crippen LogP contribution in [0.15, 0.2) is 21.2 Å². The van der Waals surface area contributed by atoms with Gasteiger partial charge in [0, 0.05) is 11.1 Å². The quantitative estimate of drug-likeness (QED) is 0.616. The van der Waals surface area contributed by atoms with Crippen molar-refractivity contribution in [3.63, 3.8) is 0 Å². The molecule has 0 amide bonds. The third-order valence-corrected chi connectivity index (χ3v) is 3.08. The van der Waals surface area contributed by atoms with Gasteiger partial charge in [0.1, 0.15) is 0 Å². The lowest BCUT2D eigenvalue weighted by molar-refractivity contribution is -0.116. The molecule has 0 fully saturated rings. The molecule has 2 nitrogen and oxygen atoms in total. The molecule has 0 saturated heterocycles. The first-order valence-corrected chi connectivity index (χ1v) is 5.29. The molecule has 1 aliphatic carbocycles. The summed E-state index contributed by atoms with van der Waals surface area (Å²) in [5.74, 6) is -0.697. The minimum absolute atomic E-state index is 0.00519. The van der Waals surface area contributed by atoms with Gasteiger partial charge in [-0.1, -0.05) is 44.0 Å². The van der Waals surface area contributed by atoms with Crippen molar-refractivity contribution in [2.75, 3.05) is 0 Å². The van der Waals surface area contributed by atoms with E-state index in [1.165, 1.54) is 6.92 Å². The van der Waals surface area contributed by atoms with Gasteiger partial charge in [-0.25, -0.2) is 0 Å². The fourth-order valence-electron chi connectivity index (χ4n) is 1.43. The molecule has 0 spiro atoms. The Morgan fingerprint density at radius 3 is 1.80 bits per heavy atom. The molecule has 0 aliphatic heterocycles. The molecule has 4 heteroatoms. The minimum atomic E-state index is -0.481. The Balaban J connectivity index is 3.43. The van der Waals surface area contributed by atoms with Gasteiger partial charge in [0.2, 0.25) is 11.6 Å². The fraction of sp³-hybridized carbons (Fsp3) is 0.455. The van der Waals surface area contributed by atoms with E-state index >= 15 is 0 Å². The number of hydrogen-bond donors (Lipinski definition) is 0. The number of allylic oxidation sites excluding steroid dienone is 4. The summed E-state index contributed by atoms with van der Waals surface area (Å²) in [6.45, 7) is 6.96. The lowest BCUT2D eigenvalue weighted by atomic mass is 9.80. The molecule has 0 atom stereocenters. The standard InChI is InChI=1S/C11H12Cl2O2/c1-5-7(12)10(15)6(11(2,3)4)8(13)9(5)14/h1-4H3. The van der Waals surface area contributed by atoms with Gasteiger partial charge in [-0.2, -0.15) is 0 Å². The van der Waals surface area contributed by atoms with Crippen LogP contribution in [0.2, 0.25) is 0 Å². The second-order valence-electron chi connectivity index (χ2n) is 4.54. The lowest BCUT2D eigenvalue weighted by Gasteiger charge is -2.26. The van der Waals surface area contributed by atoms with E-state index in [0.717, 1.165) is 0 Å². The monoisotopic (exact) mass is 246 g/mol. The lowest BCUT2D eigenvalue weighted by Crippen LogP contribution is -2.26. The molecule has 0 saturated carbocycles. The van der Waals surface area contributed by atoms with E-state index in [1.54, 1.807) is 0 Å². The van der Waals surface area contributed by atoms with E-state index in [2.05, 4.69) is 0 Å². The third-order valence-electron chi connectivity index (χ3n) is 2.27. The van der Waals surface area contributed by atoms with Crippen LogP contribution in [0.3, 0.4) is 0 Å². The van der Waals surface area contributed by atoms with Crippen LogP contribution in [0.4, 0.5) is 0 Å². The zero-order valence-electron chi connectivity index (χ0n) is 9.07. The average molecular weight is 247 g/mol. The number of carbonyl (C=O) groups is 2. The summed E-state index contributed by atoms with van der Waals surface area (Å²) in [5.41, 5.74) is 0.0365. The van der Waals surface area contributed by atoms with E-state index in [1.807, 2.05) is 20.8 Å². The number of ketones is 2. The second kappa shape index (κ2) is 3.76. The van der Waals surface area contributed by atoms with E-state index in [4.69, 9.17) is 23.2 Å². The summed E-state index contributed by atoms with van der Waals surface area (Å²) in [6.07, 6.45) is 0. The molecule has 0 aromatic heterocycles. The van der Waals surface area contributed by atoms with Gasteiger partial charge in [-0.3, -0.25) is 9.59 Å². The van der Waals surface area contributed by atoms with Crippen molar-refractivity contribution in [3.05, 3.63) is 21.2 Å². The predicted molar refractivity (Wildman–Crippen MR) is 60.9 cm³/mol. The SMILES string of the molecule is CC1=C(Cl)C(=O)C(C(C)(C)C)=C(Cl)C1=O. The number of halogens is 2. The van der Waals surface area contributed by atoms with Gasteiger partial charge in [0.15, 0.2) is 0 Å². The van der Waals surface area contributed by atoms with Crippen molar-refractivity contribution >= 4 is 34.8 Å². The molecular formula is C11H12Cl2O2. The van der Waals surface area contributed by atoms with E-state index in [0.29, 0.717) is 5.57 Å². The Kier molecular flexibility index (Phi) is 3.13. The molecule has 0 radical (unpaired) electrons. The average Bonchev–Trinajstić information content (AvgIpc) is 2.09. The Hall–Kier alpha value is -0.600. The smallest absolute Gasteiger partial charge is 0.202 e. The molecule has 15 heavy (non-hydrogen) atoms. The van der Waals surface area contributed by atoms with Gasteiger partial charge in [0.05, 0.1) is 10.1 Å². The highest BCUT2D eigenvalue weighted by molar-refractivity contribution is 6.56. The van der Waals surface area contributed by atoms with Crippen LogP contribution in [0.5, 0.6) is 0 Å². The number of Topliss-reactive ketones (excluding diaryl/α,β-unsaturated/α-hetero) is 2. The van der Waals surface area contributed by atoms with Crippen molar-refractivity contribution in [2.45, 2.75) is 27.7 Å². The Labute approximate surface area is 98.9 Å². The molecule has 0 heterocycles. The molecule has 0 N–H and O–H groups in total. The zero-order valence-corrected chi connectivity index (χ0v) is 10.6. The summed E-state index contributed by atoms with van der Waals surface area (Å²) < 4.78 is 0. The van der Waals surface area contributed by atoms with E-state index in [9.17, 15) is 9.59 Å². The summed E-state index contributed by atoms with van der Waals surface area (Å²) in [4.78, 5) is 23.5. The molecule has 0 unspecified atom stereocenters. The number of carbonyl (C=O) groups excluding carboxylic acids is 2. The summed E-state index contributed by atoms with van der Waals surface area (Å²) in [5, 5.41) is -0.0243. The fourth-order valence-corrected chi connectivity index (χ4v) is 2.12. The normalized spacial score (nSPS) is 19.1. The van der Waals surface area contributed by atoms with Crippen LogP contribution in [-0.4, -0.2) is 11.6 Å². The van der Waals surface area contributed by atoms with E-state index < -0.39 is 5.41 Å². The van der Waals surface area contributed by atoms with Gasteiger partial charge >= 0.3 is 0 Å². The molecule has 1 aliphatic rings. The Morgan fingerprint density at radius 1 is 0.933 bits per heavy atom. The highest BCUT2D eigenvalue weighted by Gasteiger charge is 2.36. The minimum Gasteiger partial charge on any atom is -0.288 e.